The van der Waals surface area contributed by atoms with Gasteiger partial charge in [-0.2, -0.15) is 0 Å². The van der Waals surface area contributed by atoms with Crippen molar-refractivity contribution in [1.29, 1.82) is 0 Å². The number of nitrogens with two attached hydrogens (primary N) is 1. The summed E-state index contributed by atoms with van der Waals surface area (Å²) in [5, 5.41) is 2.68. The highest BCUT2D eigenvalue weighted by Gasteiger charge is 2.26. The number of nitrogens with one attached hydrogen (secondary N) is 1. The Bertz CT molecular complexity index is 475. The molecule has 5 heteroatoms. The molecule has 2 aliphatic rings. The van der Waals surface area contributed by atoms with Crippen molar-refractivity contribution >= 4 is 11.8 Å². The molecule has 1 aromatic rings. The standard InChI is InChI=1S/C13H17N3O2/c14-12-3-1-2-9-4-5-16(8-11(9)12)7-10-6-15-13(17)18-10/h1-3,10H,4-8,14H2,(H,15,17). The number of carbonyl (C=O) groups excluding carboxylic acids is 1. The predicted molar refractivity (Wildman–Crippen MR) is 68.1 cm³/mol. The van der Waals surface area contributed by atoms with E-state index in [1.54, 1.807) is 0 Å². The van der Waals surface area contributed by atoms with Crippen LogP contribution in [0.5, 0.6) is 0 Å². The molecule has 1 saturated heterocycles. The summed E-state index contributed by atoms with van der Waals surface area (Å²) in [7, 11) is 0. The van der Waals surface area contributed by atoms with Crippen LogP contribution in [0.15, 0.2) is 18.2 Å². The third-order valence-electron chi connectivity index (χ3n) is 3.60. The largest absolute Gasteiger partial charge is 0.443 e. The number of carbonyl (C=O) groups is 1. The molecule has 0 saturated carbocycles. The Morgan fingerprint density at radius 1 is 1.50 bits per heavy atom. The second kappa shape index (κ2) is 4.49. The smallest absolute Gasteiger partial charge is 0.407 e. The molecule has 5 nitrogen and oxygen atoms in total. The number of hydrogen-bond acceptors (Lipinski definition) is 4. The number of nitrogen functional groups attached to an aromatic ring is 1. The average molecular weight is 247 g/mol. The molecular weight excluding hydrogens is 230 g/mol. The summed E-state index contributed by atoms with van der Waals surface area (Å²) in [6.45, 7) is 3.21. The minimum absolute atomic E-state index is 0.0380. The van der Waals surface area contributed by atoms with E-state index in [-0.39, 0.29) is 12.2 Å². The van der Waals surface area contributed by atoms with Crippen molar-refractivity contribution in [3.05, 3.63) is 29.3 Å². The molecule has 2 aliphatic heterocycles. The van der Waals surface area contributed by atoms with Gasteiger partial charge in [-0.05, 0) is 23.6 Å². The van der Waals surface area contributed by atoms with Gasteiger partial charge in [0.2, 0.25) is 0 Å². The number of nitrogens with zero attached hydrogens (tertiary/aromatic N) is 1. The normalized spacial score (nSPS) is 23.3. The molecule has 2 heterocycles. The van der Waals surface area contributed by atoms with Crippen LogP contribution in [-0.2, 0) is 17.7 Å². The highest BCUT2D eigenvalue weighted by atomic mass is 16.6. The number of ether oxygens (including phenoxy) is 1. The summed E-state index contributed by atoms with van der Waals surface area (Å²) in [4.78, 5) is 13.3. The molecule has 0 aliphatic carbocycles. The Kier molecular flexibility index (Phi) is 2.83. The summed E-state index contributed by atoms with van der Waals surface area (Å²) in [5.74, 6) is 0. The maximum atomic E-state index is 11.0. The fourth-order valence-electron chi connectivity index (χ4n) is 2.64. The van der Waals surface area contributed by atoms with Gasteiger partial charge in [0.25, 0.3) is 0 Å². The summed E-state index contributed by atoms with van der Waals surface area (Å²) in [6.07, 6.45) is 0.662. The number of anilines is 1. The van der Waals surface area contributed by atoms with Crippen LogP contribution in [0.25, 0.3) is 0 Å². The molecule has 1 aromatic carbocycles. The third-order valence-corrected chi connectivity index (χ3v) is 3.60. The molecule has 1 amide bonds. The maximum absolute atomic E-state index is 11.0. The van der Waals surface area contributed by atoms with Gasteiger partial charge in [-0.1, -0.05) is 12.1 Å². The number of cyclic esters (lactones) is 1. The first-order chi connectivity index (χ1) is 8.72. The number of rotatable bonds is 2. The lowest BCUT2D eigenvalue weighted by molar-refractivity contribution is 0.104. The topological polar surface area (TPSA) is 67.6 Å². The van der Waals surface area contributed by atoms with Crippen LogP contribution in [0.2, 0.25) is 0 Å². The first-order valence-electron chi connectivity index (χ1n) is 6.25. The van der Waals surface area contributed by atoms with Gasteiger partial charge in [-0.25, -0.2) is 4.79 Å². The maximum Gasteiger partial charge on any atom is 0.407 e. The van der Waals surface area contributed by atoms with Crippen molar-refractivity contribution in [1.82, 2.24) is 10.2 Å². The van der Waals surface area contributed by atoms with Crippen LogP contribution < -0.4 is 11.1 Å². The van der Waals surface area contributed by atoms with E-state index in [1.807, 2.05) is 12.1 Å². The Balaban J connectivity index is 1.67. The molecule has 1 atom stereocenters. The monoisotopic (exact) mass is 247 g/mol. The Morgan fingerprint density at radius 2 is 2.39 bits per heavy atom. The van der Waals surface area contributed by atoms with Gasteiger partial charge < -0.3 is 15.8 Å². The molecule has 1 fully saturated rings. The quantitative estimate of drug-likeness (QED) is 0.756. The minimum Gasteiger partial charge on any atom is -0.443 e. The van der Waals surface area contributed by atoms with Crippen LogP contribution >= 0.6 is 0 Å². The molecule has 0 bridgehead atoms. The first kappa shape index (κ1) is 11.3. The zero-order valence-corrected chi connectivity index (χ0v) is 10.2. The van der Waals surface area contributed by atoms with E-state index in [4.69, 9.17) is 10.5 Å². The summed E-state index contributed by atoms with van der Waals surface area (Å²) in [5.41, 5.74) is 9.43. The molecule has 0 spiro atoms. The van der Waals surface area contributed by atoms with Gasteiger partial charge in [0.1, 0.15) is 6.10 Å². The molecule has 0 aromatic heterocycles. The fraction of sp³-hybridized carbons (Fsp3) is 0.462. The van der Waals surface area contributed by atoms with Gasteiger partial charge >= 0.3 is 6.09 Å². The van der Waals surface area contributed by atoms with Crippen molar-refractivity contribution in [3.63, 3.8) is 0 Å². The van der Waals surface area contributed by atoms with Gasteiger partial charge in [-0.15, -0.1) is 0 Å². The number of benzene rings is 1. The molecule has 3 rings (SSSR count). The van der Waals surface area contributed by atoms with Crippen LogP contribution in [0.3, 0.4) is 0 Å². The van der Waals surface area contributed by atoms with E-state index in [0.29, 0.717) is 6.54 Å². The van der Waals surface area contributed by atoms with E-state index < -0.39 is 0 Å². The zero-order chi connectivity index (χ0) is 12.5. The van der Waals surface area contributed by atoms with Gasteiger partial charge in [0.05, 0.1) is 6.54 Å². The number of alkyl carbamates (subject to hydrolysis) is 1. The number of fused-ring (bicyclic) bond motifs is 1. The van der Waals surface area contributed by atoms with E-state index in [2.05, 4.69) is 16.3 Å². The molecule has 1 unspecified atom stereocenters. The summed E-state index contributed by atoms with van der Waals surface area (Å²) in [6, 6.07) is 6.09. The molecule has 0 radical (unpaired) electrons. The van der Waals surface area contributed by atoms with E-state index in [1.165, 1.54) is 11.1 Å². The second-order valence-corrected chi connectivity index (χ2v) is 4.88. The highest BCUT2D eigenvalue weighted by Crippen LogP contribution is 2.24. The lowest BCUT2D eigenvalue weighted by Crippen LogP contribution is -2.38. The van der Waals surface area contributed by atoms with Crippen molar-refractivity contribution in [2.24, 2.45) is 0 Å². The van der Waals surface area contributed by atoms with Crippen molar-refractivity contribution in [2.45, 2.75) is 19.1 Å². The summed E-state index contributed by atoms with van der Waals surface area (Å²) < 4.78 is 5.16. The second-order valence-electron chi connectivity index (χ2n) is 4.88. The van der Waals surface area contributed by atoms with Crippen LogP contribution in [0, 0.1) is 0 Å². The van der Waals surface area contributed by atoms with Crippen LogP contribution in [0.1, 0.15) is 11.1 Å². The molecule has 3 N–H and O–H groups in total. The van der Waals surface area contributed by atoms with Gasteiger partial charge in [-0.3, -0.25) is 4.90 Å². The van der Waals surface area contributed by atoms with Gasteiger partial charge in [0.15, 0.2) is 0 Å². The SMILES string of the molecule is Nc1cccc2c1CN(CC1CNC(=O)O1)CC2. The van der Waals surface area contributed by atoms with E-state index in [0.717, 1.165) is 31.7 Å². The minimum atomic E-state index is -0.308. The number of hydrogen-bond donors (Lipinski definition) is 2. The Hall–Kier alpha value is -1.75. The summed E-state index contributed by atoms with van der Waals surface area (Å²) >= 11 is 0. The fourth-order valence-corrected chi connectivity index (χ4v) is 2.64. The average Bonchev–Trinajstić information content (AvgIpc) is 2.76. The lowest BCUT2D eigenvalue weighted by atomic mass is 9.98. The van der Waals surface area contributed by atoms with E-state index >= 15 is 0 Å². The third kappa shape index (κ3) is 2.13. The molecule has 96 valence electrons. The molecule has 18 heavy (non-hydrogen) atoms. The lowest BCUT2D eigenvalue weighted by Gasteiger charge is -2.30. The van der Waals surface area contributed by atoms with Crippen LogP contribution in [0.4, 0.5) is 10.5 Å². The first-order valence-corrected chi connectivity index (χ1v) is 6.25. The van der Waals surface area contributed by atoms with E-state index in [9.17, 15) is 4.79 Å². The Labute approximate surface area is 106 Å². The number of amides is 1. The van der Waals surface area contributed by atoms with Crippen molar-refractivity contribution in [3.8, 4) is 0 Å². The van der Waals surface area contributed by atoms with Crippen molar-refractivity contribution < 1.29 is 9.53 Å². The molecular formula is C13H17N3O2. The Morgan fingerprint density at radius 3 is 3.17 bits per heavy atom. The van der Waals surface area contributed by atoms with Crippen LogP contribution in [-0.4, -0.2) is 36.7 Å². The zero-order valence-electron chi connectivity index (χ0n) is 10.2. The highest BCUT2D eigenvalue weighted by molar-refractivity contribution is 5.69. The predicted octanol–water partition coefficient (Wildman–Crippen LogP) is 0.735. The van der Waals surface area contributed by atoms with Crippen molar-refractivity contribution in [2.75, 3.05) is 25.4 Å². The van der Waals surface area contributed by atoms with Gasteiger partial charge in [0, 0.05) is 25.3 Å².